The molecule has 0 fully saturated rings. The second-order valence-electron chi connectivity index (χ2n) is 3.73. The first-order valence-electron chi connectivity index (χ1n) is 4.95. The van der Waals surface area contributed by atoms with E-state index < -0.39 is 0 Å². The number of benzene rings is 1. The van der Waals surface area contributed by atoms with Crippen LogP contribution in [0, 0.1) is 0 Å². The standard InChI is InChI=1S/C11H14N2O2/c1-13(7-14)9-3-4-10-8(6-9)2-5-11(15)12-10/h3-4,6,14H,2,5,7H2,1H3,(H,12,15). The summed E-state index contributed by atoms with van der Waals surface area (Å²) < 4.78 is 0. The molecule has 0 saturated heterocycles. The second kappa shape index (κ2) is 3.90. The Morgan fingerprint density at radius 3 is 3.00 bits per heavy atom. The lowest BCUT2D eigenvalue weighted by atomic mass is 10.0. The lowest BCUT2D eigenvalue weighted by molar-refractivity contribution is -0.116. The maximum absolute atomic E-state index is 11.1. The number of aliphatic hydroxyl groups excluding tert-OH is 1. The molecule has 0 bridgehead atoms. The third-order valence-electron chi connectivity index (χ3n) is 2.64. The van der Waals surface area contributed by atoms with E-state index in [0.717, 1.165) is 23.4 Å². The molecule has 1 aromatic carbocycles. The number of aryl methyl sites for hydroxylation is 1. The van der Waals surface area contributed by atoms with Crippen LogP contribution in [0.25, 0.3) is 0 Å². The van der Waals surface area contributed by atoms with Crippen LogP contribution in [0.15, 0.2) is 18.2 Å². The Hall–Kier alpha value is -1.55. The maximum atomic E-state index is 11.1. The van der Waals surface area contributed by atoms with Gasteiger partial charge < -0.3 is 15.3 Å². The quantitative estimate of drug-likeness (QED) is 0.708. The molecular formula is C11H14N2O2. The van der Waals surface area contributed by atoms with Crippen LogP contribution in [0.5, 0.6) is 0 Å². The smallest absolute Gasteiger partial charge is 0.224 e. The second-order valence-corrected chi connectivity index (χ2v) is 3.73. The monoisotopic (exact) mass is 206 g/mol. The Morgan fingerprint density at radius 1 is 1.47 bits per heavy atom. The molecule has 1 aromatic rings. The molecule has 0 aliphatic carbocycles. The van der Waals surface area contributed by atoms with E-state index in [1.165, 1.54) is 0 Å². The highest BCUT2D eigenvalue weighted by Gasteiger charge is 2.15. The number of hydrogen-bond acceptors (Lipinski definition) is 3. The summed E-state index contributed by atoms with van der Waals surface area (Å²) in [6, 6.07) is 5.78. The summed E-state index contributed by atoms with van der Waals surface area (Å²) in [6.07, 6.45) is 1.31. The van der Waals surface area contributed by atoms with Gasteiger partial charge in [0.1, 0.15) is 6.73 Å². The van der Waals surface area contributed by atoms with E-state index in [2.05, 4.69) is 5.32 Å². The Bertz CT molecular complexity index is 390. The maximum Gasteiger partial charge on any atom is 0.224 e. The number of aliphatic hydroxyl groups is 1. The number of amides is 1. The first-order valence-corrected chi connectivity index (χ1v) is 4.95. The van der Waals surface area contributed by atoms with Crippen molar-refractivity contribution in [3.05, 3.63) is 23.8 Å². The summed E-state index contributed by atoms with van der Waals surface area (Å²) in [7, 11) is 1.82. The fourth-order valence-corrected chi connectivity index (χ4v) is 1.69. The summed E-state index contributed by atoms with van der Waals surface area (Å²) >= 11 is 0. The third-order valence-corrected chi connectivity index (χ3v) is 2.64. The van der Waals surface area contributed by atoms with Crippen molar-refractivity contribution in [2.45, 2.75) is 12.8 Å². The first kappa shape index (κ1) is 9.98. The van der Waals surface area contributed by atoms with Crippen LogP contribution in [0.1, 0.15) is 12.0 Å². The van der Waals surface area contributed by atoms with Crippen molar-refractivity contribution >= 4 is 17.3 Å². The predicted molar refractivity (Wildman–Crippen MR) is 58.9 cm³/mol. The van der Waals surface area contributed by atoms with Gasteiger partial charge in [0.15, 0.2) is 0 Å². The highest BCUT2D eigenvalue weighted by atomic mass is 16.3. The zero-order valence-electron chi connectivity index (χ0n) is 8.66. The van der Waals surface area contributed by atoms with Crippen molar-refractivity contribution in [2.24, 2.45) is 0 Å². The van der Waals surface area contributed by atoms with Crippen LogP contribution in [-0.4, -0.2) is 24.8 Å². The molecule has 4 nitrogen and oxygen atoms in total. The minimum atomic E-state index is -0.00878. The van der Waals surface area contributed by atoms with Crippen LogP contribution in [0.3, 0.4) is 0 Å². The van der Waals surface area contributed by atoms with E-state index in [-0.39, 0.29) is 12.6 Å². The molecule has 1 aliphatic rings. The topological polar surface area (TPSA) is 52.6 Å². The van der Waals surface area contributed by atoms with Gasteiger partial charge in [-0.2, -0.15) is 0 Å². The largest absolute Gasteiger partial charge is 0.376 e. The number of nitrogens with zero attached hydrogens (tertiary/aromatic N) is 1. The van der Waals surface area contributed by atoms with Gasteiger partial charge in [0, 0.05) is 24.8 Å². The molecule has 0 radical (unpaired) electrons. The summed E-state index contributed by atoms with van der Waals surface area (Å²) in [5, 5.41) is 11.8. The summed E-state index contributed by atoms with van der Waals surface area (Å²) in [5.41, 5.74) is 2.99. The van der Waals surface area contributed by atoms with E-state index in [0.29, 0.717) is 6.42 Å². The minimum Gasteiger partial charge on any atom is -0.376 e. The van der Waals surface area contributed by atoms with Crippen LogP contribution < -0.4 is 10.2 Å². The average Bonchev–Trinajstić information content (AvgIpc) is 2.27. The van der Waals surface area contributed by atoms with Crippen molar-refractivity contribution in [3.8, 4) is 0 Å². The number of nitrogens with one attached hydrogen (secondary N) is 1. The number of hydrogen-bond donors (Lipinski definition) is 2. The molecule has 0 saturated carbocycles. The van der Waals surface area contributed by atoms with Gasteiger partial charge in [-0.1, -0.05) is 0 Å². The molecule has 15 heavy (non-hydrogen) atoms. The summed E-state index contributed by atoms with van der Waals surface area (Å²) in [5.74, 6) is 0.0748. The molecule has 0 unspecified atom stereocenters. The molecule has 4 heteroatoms. The fraction of sp³-hybridized carbons (Fsp3) is 0.364. The lowest BCUT2D eigenvalue weighted by Crippen LogP contribution is -2.21. The van der Waals surface area contributed by atoms with Crippen molar-refractivity contribution < 1.29 is 9.90 Å². The molecule has 1 amide bonds. The fourth-order valence-electron chi connectivity index (χ4n) is 1.69. The molecule has 1 heterocycles. The zero-order chi connectivity index (χ0) is 10.8. The number of rotatable bonds is 2. The lowest BCUT2D eigenvalue weighted by Gasteiger charge is -2.21. The molecule has 0 spiro atoms. The molecular weight excluding hydrogens is 192 g/mol. The third kappa shape index (κ3) is 1.94. The first-order chi connectivity index (χ1) is 7.20. The van der Waals surface area contributed by atoms with E-state index in [1.807, 2.05) is 25.2 Å². The molecule has 80 valence electrons. The zero-order valence-corrected chi connectivity index (χ0v) is 8.66. The van der Waals surface area contributed by atoms with Crippen molar-refractivity contribution in [3.63, 3.8) is 0 Å². The molecule has 2 rings (SSSR count). The molecule has 1 aliphatic heterocycles. The van der Waals surface area contributed by atoms with Crippen molar-refractivity contribution in [1.82, 2.24) is 0 Å². The number of anilines is 2. The van der Waals surface area contributed by atoms with Crippen LogP contribution >= 0.6 is 0 Å². The molecule has 0 atom stereocenters. The van der Waals surface area contributed by atoms with Crippen molar-refractivity contribution in [2.75, 3.05) is 24.0 Å². The highest BCUT2D eigenvalue weighted by Crippen LogP contribution is 2.26. The SMILES string of the molecule is CN(CO)c1ccc2c(c1)CCC(=O)N2. The van der Waals surface area contributed by atoms with Crippen LogP contribution in [-0.2, 0) is 11.2 Å². The van der Waals surface area contributed by atoms with Gasteiger partial charge in [-0.05, 0) is 30.2 Å². The minimum absolute atomic E-state index is 0.00878. The van der Waals surface area contributed by atoms with Crippen molar-refractivity contribution in [1.29, 1.82) is 0 Å². The average molecular weight is 206 g/mol. The number of fused-ring (bicyclic) bond motifs is 1. The van der Waals surface area contributed by atoms with E-state index >= 15 is 0 Å². The summed E-state index contributed by atoms with van der Waals surface area (Å²) in [4.78, 5) is 12.9. The van der Waals surface area contributed by atoms with Crippen LogP contribution in [0.4, 0.5) is 11.4 Å². The van der Waals surface area contributed by atoms with Crippen LogP contribution in [0.2, 0.25) is 0 Å². The van der Waals surface area contributed by atoms with Gasteiger partial charge in [0.2, 0.25) is 5.91 Å². The van der Waals surface area contributed by atoms with Gasteiger partial charge in [0.05, 0.1) is 0 Å². The Balaban J connectivity index is 2.30. The predicted octanol–water partition coefficient (Wildman–Crippen LogP) is 0.957. The Kier molecular flexibility index (Phi) is 2.60. The van der Waals surface area contributed by atoms with E-state index in [9.17, 15) is 4.79 Å². The van der Waals surface area contributed by atoms with Gasteiger partial charge in [-0.3, -0.25) is 4.79 Å². The van der Waals surface area contributed by atoms with Gasteiger partial charge in [0.25, 0.3) is 0 Å². The van der Waals surface area contributed by atoms with Gasteiger partial charge in [-0.25, -0.2) is 0 Å². The number of carbonyl (C=O) groups is 1. The number of carbonyl (C=O) groups excluding carboxylic acids is 1. The Labute approximate surface area is 88.5 Å². The molecule has 2 N–H and O–H groups in total. The summed E-state index contributed by atoms with van der Waals surface area (Å²) in [6.45, 7) is -0.00878. The van der Waals surface area contributed by atoms with Gasteiger partial charge >= 0.3 is 0 Å². The van der Waals surface area contributed by atoms with Gasteiger partial charge in [-0.15, -0.1) is 0 Å². The van der Waals surface area contributed by atoms with E-state index in [4.69, 9.17) is 5.11 Å². The normalized spacial score (nSPS) is 14.4. The Morgan fingerprint density at radius 2 is 2.27 bits per heavy atom. The highest BCUT2D eigenvalue weighted by molar-refractivity contribution is 5.94. The van der Waals surface area contributed by atoms with E-state index in [1.54, 1.807) is 4.90 Å². The molecule has 0 aromatic heterocycles.